The lowest BCUT2D eigenvalue weighted by Gasteiger charge is -2.23. The predicted octanol–water partition coefficient (Wildman–Crippen LogP) is 0.479. The maximum absolute atomic E-state index is 12.2. The highest BCUT2D eigenvalue weighted by molar-refractivity contribution is 7.89. The van der Waals surface area contributed by atoms with Crippen LogP contribution in [-0.2, 0) is 10.0 Å². The van der Waals surface area contributed by atoms with Crippen LogP contribution in [0.3, 0.4) is 0 Å². The van der Waals surface area contributed by atoms with Crippen LogP contribution in [0.25, 0.3) is 0 Å². The zero-order valence-corrected chi connectivity index (χ0v) is 12.1. The first-order valence-corrected chi connectivity index (χ1v) is 7.23. The van der Waals surface area contributed by atoms with E-state index in [0.717, 1.165) is 19.4 Å². The quantitative estimate of drug-likeness (QED) is 0.757. The first-order valence-electron chi connectivity index (χ1n) is 5.75. The highest BCUT2D eigenvalue weighted by Crippen LogP contribution is 2.17. The van der Waals surface area contributed by atoms with E-state index in [0.29, 0.717) is 17.9 Å². The fraction of sp³-hybridized carbons (Fsp3) is 0.700. The highest BCUT2D eigenvalue weighted by atomic mass is 35.5. The van der Waals surface area contributed by atoms with Crippen LogP contribution in [0.4, 0.5) is 0 Å². The molecule has 2 heterocycles. The third kappa shape index (κ3) is 3.23. The number of aryl methyl sites for hydroxylation is 2. The van der Waals surface area contributed by atoms with Crippen molar-refractivity contribution < 1.29 is 8.42 Å². The molecular formula is C10H19ClN4O2S. The minimum absolute atomic E-state index is 0. The lowest BCUT2D eigenvalue weighted by atomic mass is 10.1. The van der Waals surface area contributed by atoms with Crippen LogP contribution in [0, 0.1) is 13.8 Å². The Bertz CT molecular complexity index is 474. The summed E-state index contributed by atoms with van der Waals surface area (Å²) in [5.74, 6) is 0. The van der Waals surface area contributed by atoms with E-state index >= 15 is 0 Å². The van der Waals surface area contributed by atoms with Crippen molar-refractivity contribution in [3.05, 3.63) is 11.4 Å². The molecule has 1 aliphatic heterocycles. The van der Waals surface area contributed by atoms with Crippen molar-refractivity contribution >= 4 is 22.4 Å². The largest absolute Gasteiger partial charge is 0.315 e. The van der Waals surface area contributed by atoms with Gasteiger partial charge in [-0.1, -0.05) is 0 Å². The summed E-state index contributed by atoms with van der Waals surface area (Å²) < 4.78 is 27.1. The molecule has 0 spiro atoms. The van der Waals surface area contributed by atoms with Crippen molar-refractivity contribution in [2.75, 3.05) is 13.1 Å². The Morgan fingerprint density at radius 3 is 2.61 bits per heavy atom. The van der Waals surface area contributed by atoms with E-state index < -0.39 is 10.0 Å². The Hall–Kier alpha value is -0.630. The molecule has 0 aliphatic carbocycles. The number of aromatic amines is 1. The third-order valence-corrected chi connectivity index (χ3v) is 4.73. The second-order valence-corrected chi connectivity index (χ2v) is 6.08. The van der Waals surface area contributed by atoms with Gasteiger partial charge in [-0.25, -0.2) is 13.1 Å². The van der Waals surface area contributed by atoms with E-state index in [1.807, 2.05) is 0 Å². The van der Waals surface area contributed by atoms with Gasteiger partial charge in [0.25, 0.3) is 0 Å². The second kappa shape index (κ2) is 6.01. The third-order valence-electron chi connectivity index (χ3n) is 2.95. The van der Waals surface area contributed by atoms with Crippen molar-refractivity contribution in [2.24, 2.45) is 0 Å². The normalized spacial score (nSPS) is 20.4. The second-order valence-electron chi connectivity index (χ2n) is 4.43. The van der Waals surface area contributed by atoms with Gasteiger partial charge in [0.15, 0.2) is 0 Å². The topological polar surface area (TPSA) is 86.9 Å². The molecule has 1 saturated heterocycles. The molecule has 18 heavy (non-hydrogen) atoms. The number of rotatable bonds is 3. The molecule has 6 nitrogen and oxygen atoms in total. The number of sulfonamides is 1. The number of hydrogen-bond donors (Lipinski definition) is 3. The van der Waals surface area contributed by atoms with E-state index in [2.05, 4.69) is 20.2 Å². The molecule has 104 valence electrons. The zero-order chi connectivity index (χ0) is 12.5. The Kier molecular flexibility index (Phi) is 5.15. The van der Waals surface area contributed by atoms with Gasteiger partial charge in [-0.05, 0) is 33.2 Å². The molecular weight excluding hydrogens is 276 g/mol. The van der Waals surface area contributed by atoms with Gasteiger partial charge in [0, 0.05) is 12.6 Å². The average Bonchev–Trinajstić information content (AvgIpc) is 2.59. The minimum atomic E-state index is -3.46. The summed E-state index contributed by atoms with van der Waals surface area (Å²) in [5, 5.41) is 9.79. The summed E-state index contributed by atoms with van der Waals surface area (Å²) in [6.07, 6.45) is 1.87. The summed E-state index contributed by atoms with van der Waals surface area (Å²) in [6.45, 7) is 5.06. The molecule has 0 aromatic carbocycles. The lowest BCUT2D eigenvalue weighted by Crippen LogP contribution is -2.45. The van der Waals surface area contributed by atoms with Crippen LogP contribution in [0.2, 0.25) is 0 Å². The first-order chi connectivity index (χ1) is 8.00. The molecule has 1 fully saturated rings. The number of H-pyrrole nitrogens is 1. The Morgan fingerprint density at radius 1 is 1.39 bits per heavy atom. The number of nitrogens with zero attached hydrogens (tertiary/aromatic N) is 1. The summed E-state index contributed by atoms with van der Waals surface area (Å²) in [6, 6.07) is -0.0255. The molecule has 1 unspecified atom stereocenters. The van der Waals surface area contributed by atoms with Crippen molar-refractivity contribution in [1.82, 2.24) is 20.2 Å². The maximum atomic E-state index is 12.2. The number of halogens is 1. The van der Waals surface area contributed by atoms with E-state index in [1.165, 1.54) is 0 Å². The summed E-state index contributed by atoms with van der Waals surface area (Å²) >= 11 is 0. The monoisotopic (exact) mass is 294 g/mol. The SMILES string of the molecule is Cc1n[nH]c(C)c1S(=O)(=O)NC1CCCNC1.Cl. The predicted molar refractivity (Wildman–Crippen MR) is 71.5 cm³/mol. The molecule has 0 amide bonds. The number of hydrogen-bond acceptors (Lipinski definition) is 4. The highest BCUT2D eigenvalue weighted by Gasteiger charge is 2.26. The summed E-state index contributed by atoms with van der Waals surface area (Å²) in [4.78, 5) is 0.281. The van der Waals surface area contributed by atoms with E-state index in [4.69, 9.17) is 0 Å². The van der Waals surface area contributed by atoms with Crippen molar-refractivity contribution in [2.45, 2.75) is 37.6 Å². The molecule has 2 rings (SSSR count). The van der Waals surface area contributed by atoms with Gasteiger partial charge in [0.1, 0.15) is 4.90 Å². The lowest BCUT2D eigenvalue weighted by molar-refractivity contribution is 0.428. The van der Waals surface area contributed by atoms with Crippen LogP contribution in [-0.4, -0.2) is 37.7 Å². The van der Waals surface area contributed by atoms with E-state index in [-0.39, 0.29) is 23.3 Å². The molecule has 0 radical (unpaired) electrons. The standard InChI is InChI=1S/C10H18N4O2S.ClH/c1-7-10(8(2)13-12-7)17(15,16)14-9-4-3-5-11-6-9;/h9,11,14H,3-6H2,1-2H3,(H,12,13);1H. The van der Waals surface area contributed by atoms with Crippen molar-refractivity contribution in [1.29, 1.82) is 0 Å². The number of piperidine rings is 1. The molecule has 1 aromatic heterocycles. The Balaban J connectivity index is 0.00000162. The fourth-order valence-corrected chi connectivity index (χ4v) is 3.81. The van der Waals surface area contributed by atoms with Gasteiger partial charge in [-0.3, -0.25) is 5.10 Å². The van der Waals surface area contributed by atoms with Crippen molar-refractivity contribution in [3.8, 4) is 0 Å². The summed E-state index contributed by atoms with van der Waals surface area (Å²) in [7, 11) is -3.46. The molecule has 0 saturated carbocycles. The van der Waals surface area contributed by atoms with Gasteiger partial charge in [-0.2, -0.15) is 5.10 Å². The van der Waals surface area contributed by atoms with Crippen molar-refractivity contribution in [3.63, 3.8) is 0 Å². The van der Waals surface area contributed by atoms with Gasteiger partial charge < -0.3 is 5.32 Å². The molecule has 0 bridgehead atoms. The Labute approximate surface area is 113 Å². The van der Waals surface area contributed by atoms with Crippen LogP contribution in [0.5, 0.6) is 0 Å². The minimum Gasteiger partial charge on any atom is -0.315 e. The van der Waals surface area contributed by atoms with E-state index in [9.17, 15) is 8.42 Å². The van der Waals surface area contributed by atoms with Crippen LogP contribution < -0.4 is 10.0 Å². The smallest absolute Gasteiger partial charge is 0.244 e. The number of nitrogens with one attached hydrogen (secondary N) is 3. The number of aromatic nitrogens is 2. The fourth-order valence-electron chi connectivity index (χ4n) is 2.17. The van der Waals surface area contributed by atoms with Crippen LogP contribution in [0.15, 0.2) is 4.90 Å². The molecule has 1 atom stereocenters. The maximum Gasteiger partial charge on any atom is 0.244 e. The average molecular weight is 295 g/mol. The van der Waals surface area contributed by atoms with Gasteiger partial charge >= 0.3 is 0 Å². The van der Waals surface area contributed by atoms with E-state index in [1.54, 1.807) is 13.8 Å². The van der Waals surface area contributed by atoms with Crippen LogP contribution >= 0.6 is 12.4 Å². The zero-order valence-electron chi connectivity index (χ0n) is 10.5. The molecule has 8 heteroatoms. The molecule has 1 aliphatic rings. The molecule has 3 N–H and O–H groups in total. The summed E-state index contributed by atoms with van der Waals surface area (Å²) in [5.41, 5.74) is 1.09. The molecule has 1 aromatic rings. The Morgan fingerprint density at radius 2 is 2.11 bits per heavy atom. The van der Waals surface area contributed by atoms with Gasteiger partial charge in [-0.15, -0.1) is 12.4 Å². The van der Waals surface area contributed by atoms with Gasteiger partial charge in [0.2, 0.25) is 10.0 Å². The van der Waals surface area contributed by atoms with Gasteiger partial charge in [0.05, 0.1) is 11.4 Å². The van der Waals surface area contributed by atoms with Crippen LogP contribution in [0.1, 0.15) is 24.2 Å². The first kappa shape index (κ1) is 15.4.